The molecule has 31 heavy (non-hydrogen) atoms. The van der Waals surface area contributed by atoms with Crippen LogP contribution in [0.4, 0.5) is 0 Å². The van der Waals surface area contributed by atoms with Crippen LogP contribution in [0.1, 0.15) is 24.0 Å². The first-order valence-corrected chi connectivity index (χ1v) is 11.7. The van der Waals surface area contributed by atoms with Crippen LogP contribution in [0.2, 0.25) is 0 Å². The maximum absolute atomic E-state index is 10.8. The second-order valence-electron chi connectivity index (χ2n) is 9.39. The highest BCUT2D eigenvalue weighted by atomic mass is 16.5. The Morgan fingerprint density at radius 1 is 0.871 bits per heavy atom. The van der Waals surface area contributed by atoms with E-state index in [4.69, 9.17) is 9.47 Å². The number of hydrogen-bond donors (Lipinski definition) is 1. The summed E-state index contributed by atoms with van der Waals surface area (Å²) in [5.74, 6) is 2.24. The van der Waals surface area contributed by atoms with Crippen molar-refractivity contribution in [2.24, 2.45) is 11.8 Å². The Labute approximate surface area is 185 Å². The summed E-state index contributed by atoms with van der Waals surface area (Å²) in [5, 5.41) is 10.8. The lowest BCUT2D eigenvalue weighted by molar-refractivity contribution is -0.0520. The number of benzene rings is 2. The summed E-state index contributed by atoms with van der Waals surface area (Å²) in [6.45, 7) is 7.34. The quantitative estimate of drug-likeness (QED) is 0.775. The second-order valence-corrected chi connectivity index (χ2v) is 9.39. The third-order valence-electron chi connectivity index (χ3n) is 7.28. The zero-order chi connectivity index (χ0) is 21.0. The van der Waals surface area contributed by atoms with E-state index in [-0.39, 0.29) is 6.10 Å². The molecule has 0 bridgehead atoms. The SMILES string of the molecule is O[C@@H]1C[C@H]2CN(Cc3ccc(OCc4ccccc4)cc3)C[C@H]2C[C@H]1N1CCOCC1. The Hall–Kier alpha value is -1.92. The molecule has 1 N–H and O–H groups in total. The molecule has 5 rings (SSSR count). The van der Waals surface area contributed by atoms with E-state index >= 15 is 0 Å². The number of fused-ring (bicyclic) bond motifs is 1. The van der Waals surface area contributed by atoms with Crippen LogP contribution in [0.15, 0.2) is 54.6 Å². The third-order valence-corrected chi connectivity index (χ3v) is 7.28. The topological polar surface area (TPSA) is 45.2 Å². The van der Waals surface area contributed by atoms with Gasteiger partial charge < -0.3 is 14.6 Å². The van der Waals surface area contributed by atoms with Crippen LogP contribution >= 0.6 is 0 Å². The molecule has 166 valence electrons. The number of hydrogen-bond acceptors (Lipinski definition) is 5. The van der Waals surface area contributed by atoms with E-state index in [1.54, 1.807) is 0 Å². The van der Waals surface area contributed by atoms with E-state index in [1.165, 1.54) is 11.1 Å². The summed E-state index contributed by atoms with van der Waals surface area (Å²) in [7, 11) is 0. The van der Waals surface area contributed by atoms with Gasteiger partial charge in [-0.1, -0.05) is 42.5 Å². The molecule has 5 heteroatoms. The van der Waals surface area contributed by atoms with Crippen molar-refractivity contribution in [3.8, 4) is 5.75 Å². The molecule has 4 atom stereocenters. The van der Waals surface area contributed by atoms with Gasteiger partial charge in [0.15, 0.2) is 0 Å². The number of ether oxygens (including phenoxy) is 2. The lowest BCUT2D eigenvalue weighted by Gasteiger charge is -2.43. The molecule has 0 amide bonds. The molecule has 0 unspecified atom stereocenters. The molecule has 3 fully saturated rings. The van der Waals surface area contributed by atoms with Gasteiger partial charge in [-0.15, -0.1) is 0 Å². The minimum Gasteiger partial charge on any atom is -0.489 e. The largest absolute Gasteiger partial charge is 0.489 e. The van der Waals surface area contributed by atoms with Crippen molar-refractivity contribution in [3.05, 3.63) is 65.7 Å². The number of aliphatic hydroxyl groups is 1. The molecular weight excluding hydrogens is 388 g/mol. The van der Waals surface area contributed by atoms with Crippen LogP contribution < -0.4 is 4.74 Å². The monoisotopic (exact) mass is 422 g/mol. The summed E-state index contributed by atoms with van der Waals surface area (Å²) in [6, 6.07) is 19.1. The predicted octanol–water partition coefficient (Wildman–Crippen LogP) is 3.17. The molecule has 2 aromatic rings. The van der Waals surface area contributed by atoms with Crippen LogP contribution in [0.3, 0.4) is 0 Å². The average Bonchev–Trinajstić information content (AvgIpc) is 3.20. The van der Waals surface area contributed by atoms with Crippen LogP contribution in [0.5, 0.6) is 5.75 Å². The first kappa shape index (κ1) is 21.0. The van der Waals surface area contributed by atoms with Gasteiger partial charge in [0.05, 0.1) is 19.3 Å². The normalized spacial score (nSPS) is 29.6. The molecule has 0 spiro atoms. The Kier molecular flexibility index (Phi) is 6.55. The van der Waals surface area contributed by atoms with Crippen LogP contribution in [-0.2, 0) is 17.9 Å². The summed E-state index contributed by atoms with van der Waals surface area (Å²) < 4.78 is 11.4. The van der Waals surface area contributed by atoms with Crippen LogP contribution in [-0.4, -0.2) is 66.4 Å². The molecule has 0 aromatic heterocycles. The zero-order valence-electron chi connectivity index (χ0n) is 18.2. The van der Waals surface area contributed by atoms with Gasteiger partial charge in [-0.2, -0.15) is 0 Å². The molecule has 2 heterocycles. The molecule has 2 aliphatic heterocycles. The highest BCUT2D eigenvalue weighted by Crippen LogP contribution is 2.39. The number of nitrogens with zero attached hydrogens (tertiary/aromatic N) is 2. The van der Waals surface area contributed by atoms with E-state index in [1.807, 2.05) is 18.2 Å². The fourth-order valence-corrected chi connectivity index (χ4v) is 5.63. The minimum absolute atomic E-state index is 0.194. The Balaban J connectivity index is 1.13. The highest BCUT2D eigenvalue weighted by Gasteiger charge is 2.43. The van der Waals surface area contributed by atoms with Crippen molar-refractivity contribution >= 4 is 0 Å². The van der Waals surface area contributed by atoms with Crippen LogP contribution in [0.25, 0.3) is 0 Å². The van der Waals surface area contributed by atoms with Gasteiger partial charge in [0.1, 0.15) is 12.4 Å². The first-order chi connectivity index (χ1) is 15.2. The molecule has 3 aliphatic rings. The molecule has 1 aliphatic carbocycles. The van der Waals surface area contributed by atoms with Gasteiger partial charge in [-0.25, -0.2) is 0 Å². The zero-order valence-corrected chi connectivity index (χ0v) is 18.2. The number of likely N-dealkylation sites (tertiary alicyclic amines) is 1. The van der Waals surface area contributed by atoms with Gasteiger partial charge in [0, 0.05) is 38.8 Å². The fourth-order valence-electron chi connectivity index (χ4n) is 5.63. The number of morpholine rings is 1. The lowest BCUT2D eigenvalue weighted by Crippen LogP contribution is -2.53. The molecule has 5 nitrogen and oxygen atoms in total. The predicted molar refractivity (Wildman–Crippen MR) is 121 cm³/mol. The van der Waals surface area contributed by atoms with Crippen molar-refractivity contribution < 1.29 is 14.6 Å². The van der Waals surface area contributed by atoms with E-state index in [0.29, 0.717) is 24.5 Å². The third kappa shape index (κ3) is 5.12. The summed E-state index contributed by atoms with van der Waals surface area (Å²) >= 11 is 0. The van der Waals surface area contributed by atoms with Gasteiger partial charge in [-0.3, -0.25) is 9.80 Å². The van der Waals surface area contributed by atoms with Gasteiger partial charge in [0.2, 0.25) is 0 Å². The lowest BCUT2D eigenvalue weighted by atomic mass is 9.77. The molecule has 0 radical (unpaired) electrons. The van der Waals surface area contributed by atoms with Crippen molar-refractivity contribution in [3.63, 3.8) is 0 Å². The van der Waals surface area contributed by atoms with Crippen molar-refractivity contribution in [2.75, 3.05) is 39.4 Å². The highest BCUT2D eigenvalue weighted by molar-refractivity contribution is 5.28. The number of rotatable bonds is 6. The van der Waals surface area contributed by atoms with Crippen molar-refractivity contribution in [1.82, 2.24) is 9.80 Å². The smallest absolute Gasteiger partial charge is 0.119 e. The first-order valence-electron chi connectivity index (χ1n) is 11.7. The minimum atomic E-state index is -0.194. The van der Waals surface area contributed by atoms with Gasteiger partial charge in [-0.05, 0) is 47.9 Å². The Morgan fingerprint density at radius 2 is 1.58 bits per heavy atom. The standard InChI is InChI=1S/C26H34N2O3/c29-26-15-23-18-27(17-22(23)14-25(26)28-10-12-30-13-11-28)16-20-6-8-24(9-7-20)31-19-21-4-2-1-3-5-21/h1-9,22-23,25-26,29H,10-19H2/t22-,23+,25-,26-/m1/s1. The Bertz CT molecular complexity index is 822. The summed E-state index contributed by atoms with van der Waals surface area (Å²) in [6.07, 6.45) is 1.87. The molecule has 2 aromatic carbocycles. The van der Waals surface area contributed by atoms with E-state index in [9.17, 15) is 5.11 Å². The maximum atomic E-state index is 10.8. The van der Waals surface area contributed by atoms with Gasteiger partial charge >= 0.3 is 0 Å². The van der Waals surface area contributed by atoms with Crippen molar-refractivity contribution in [1.29, 1.82) is 0 Å². The number of aliphatic hydroxyl groups excluding tert-OH is 1. The average molecular weight is 423 g/mol. The van der Waals surface area contributed by atoms with Gasteiger partial charge in [0.25, 0.3) is 0 Å². The summed E-state index contributed by atoms with van der Waals surface area (Å²) in [5.41, 5.74) is 2.51. The summed E-state index contributed by atoms with van der Waals surface area (Å²) in [4.78, 5) is 5.03. The van der Waals surface area contributed by atoms with Crippen LogP contribution in [0, 0.1) is 11.8 Å². The molecule has 2 saturated heterocycles. The molecule has 1 saturated carbocycles. The molecular formula is C26H34N2O3. The van der Waals surface area contributed by atoms with E-state index in [0.717, 1.165) is 64.5 Å². The van der Waals surface area contributed by atoms with Crippen molar-refractivity contribution in [2.45, 2.75) is 38.1 Å². The van der Waals surface area contributed by atoms with E-state index in [2.05, 4.69) is 46.2 Å². The Morgan fingerprint density at radius 3 is 2.32 bits per heavy atom. The fraction of sp³-hybridized carbons (Fsp3) is 0.538. The maximum Gasteiger partial charge on any atom is 0.119 e. The second kappa shape index (κ2) is 9.70. The van der Waals surface area contributed by atoms with E-state index < -0.39 is 0 Å².